The quantitative estimate of drug-likeness (QED) is 0.350. The maximum Gasteiger partial charge on any atom is 0.156 e. The Morgan fingerprint density at radius 3 is 2.81 bits per heavy atom. The summed E-state index contributed by atoms with van der Waals surface area (Å²) in [4.78, 5) is 0. The number of aromatic nitrogens is 2. The van der Waals surface area contributed by atoms with Gasteiger partial charge < -0.3 is 5.21 Å². The number of rotatable bonds is 9. The van der Waals surface area contributed by atoms with E-state index in [9.17, 15) is 18.0 Å². The molecule has 0 spiro atoms. The van der Waals surface area contributed by atoms with E-state index in [0.717, 1.165) is 12.8 Å². The van der Waals surface area contributed by atoms with Gasteiger partial charge in [0.15, 0.2) is 15.5 Å². The van der Waals surface area contributed by atoms with Crippen LogP contribution < -0.4 is 0 Å². The van der Waals surface area contributed by atoms with Crippen LogP contribution in [0.4, 0.5) is 4.39 Å². The van der Waals surface area contributed by atoms with Gasteiger partial charge in [0.25, 0.3) is 0 Å². The smallest absolute Gasteiger partial charge is 0.156 e. The summed E-state index contributed by atoms with van der Waals surface area (Å²) in [6.07, 6.45) is 2.90. The molecule has 27 heavy (non-hydrogen) atoms. The molecule has 10 heteroatoms. The second kappa shape index (κ2) is 8.47. The van der Waals surface area contributed by atoms with Crippen molar-refractivity contribution in [3.63, 3.8) is 0 Å². The molecule has 1 heterocycles. The molecule has 0 bridgehead atoms. The van der Waals surface area contributed by atoms with E-state index in [-0.39, 0.29) is 29.3 Å². The zero-order valence-corrected chi connectivity index (χ0v) is 16.8. The number of sulfone groups is 1. The Kier molecular flexibility index (Phi) is 6.25. The van der Waals surface area contributed by atoms with E-state index in [4.69, 9.17) is 4.63 Å². The Hall–Kier alpha value is -1.81. The number of hydrogen-bond acceptors (Lipinski definition) is 7. The lowest BCUT2D eigenvalue weighted by Crippen LogP contribution is -2.14. The predicted molar refractivity (Wildman–Crippen MR) is 100 cm³/mol. The van der Waals surface area contributed by atoms with E-state index in [2.05, 4.69) is 31.4 Å². The highest BCUT2D eigenvalue weighted by Gasteiger charge is 2.28. The minimum Gasteiger partial charge on any atom is -0.411 e. The summed E-state index contributed by atoms with van der Waals surface area (Å²) in [6.45, 7) is 0. The van der Waals surface area contributed by atoms with Gasteiger partial charge >= 0.3 is 0 Å². The molecule has 0 amide bonds. The minimum atomic E-state index is -3.07. The van der Waals surface area contributed by atoms with Gasteiger partial charge in [0.1, 0.15) is 17.2 Å². The highest BCUT2D eigenvalue weighted by molar-refractivity contribution is 9.10. The second-order valence-corrected chi connectivity index (χ2v) is 9.78. The fourth-order valence-corrected chi connectivity index (χ4v) is 5.01. The van der Waals surface area contributed by atoms with Gasteiger partial charge in [-0.3, -0.25) is 0 Å². The van der Waals surface area contributed by atoms with Crippen molar-refractivity contribution in [2.45, 2.75) is 32.1 Å². The highest BCUT2D eigenvalue weighted by atomic mass is 79.9. The maximum atomic E-state index is 13.4. The average Bonchev–Trinajstić information content (AvgIpc) is 3.29. The zero-order valence-electron chi connectivity index (χ0n) is 14.4. The van der Waals surface area contributed by atoms with Gasteiger partial charge in [-0.1, -0.05) is 16.4 Å². The molecule has 146 valence electrons. The average molecular weight is 460 g/mol. The van der Waals surface area contributed by atoms with Gasteiger partial charge in [-0.25, -0.2) is 17.4 Å². The number of nitrogens with zero attached hydrogens (tertiary/aromatic N) is 3. The minimum absolute atomic E-state index is 0.0757. The van der Waals surface area contributed by atoms with Crippen molar-refractivity contribution in [1.29, 1.82) is 0 Å². The lowest BCUT2D eigenvalue weighted by molar-refractivity contribution is 0.300. The Morgan fingerprint density at radius 2 is 2.15 bits per heavy atom. The summed E-state index contributed by atoms with van der Waals surface area (Å²) in [5.41, 5.74) is 1.63. The van der Waals surface area contributed by atoms with Gasteiger partial charge in [0, 0.05) is 6.42 Å². The van der Waals surface area contributed by atoms with Gasteiger partial charge in [-0.15, -0.1) is 0 Å². The summed E-state index contributed by atoms with van der Waals surface area (Å²) in [5, 5.41) is 20.2. The highest BCUT2D eigenvalue weighted by Crippen LogP contribution is 2.30. The monoisotopic (exact) mass is 459 g/mol. The first-order valence-corrected chi connectivity index (χ1v) is 11.2. The summed E-state index contributed by atoms with van der Waals surface area (Å²) < 4.78 is 42.5. The molecule has 0 saturated heterocycles. The van der Waals surface area contributed by atoms with E-state index in [1.54, 1.807) is 12.1 Å². The summed E-state index contributed by atoms with van der Waals surface area (Å²) in [6, 6.07) is 4.46. The van der Waals surface area contributed by atoms with Crippen molar-refractivity contribution in [2.75, 3.05) is 11.5 Å². The van der Waals surface area contributed by atoms with Crippen molar-refractivity contribution in [3.05, 3.63) is 45.4 Å². The molecule has 1 aromatic carbocycles. The van der Waals surface area contributed by atoms with E-state index in [1.807, 2.05) is 0 Å². The standard InChI is InChI=1S/C17H19BrFN3O4S/c18-13-8-12(5-6-14(13)19)9-16(20-23)17-15(21-26-22-17)2-1-7-27(24,25)10-11-3-4-11/h5-6,8,11,23H,1-4,7,9-10H2/b20-16+. The van der Waals surface area contributed by atoms with Crippen LogP contribution in [0.5, 0.6) is 0 Å². The third-order valence-electron chi connectivity index (χ3n) is 4.36. The molecule has 1 aromatic heterocycles. The molecule has 1 fully saturated rings. The van der Waals surface area contributed by atoms with Gasteiger partial charge in [-0.05, 0) is 70.4 Å². The first kappa shape index (κ1) is 19.9. The van der Waals surface area contributed by atoms with Crippen LogP contribution in [-0.4, -0.2) is 41.2 Å². The maximum absolute atomic E-state index is 13.4. The Morgan fingerprint density at radius 1 is 1.37 bits per heavy atom. The van der Waals surface area contributed by atoms with Crippen molar-refractivity contribution >= 4 is 31.5 Å². The number of halogens is 2. The van der Waals surface area contributed by atoms with Gasteiger partial charge in [0.2, 0.25) is 0 Å². The molecule has 1 aliphatic rings. The van der Waals surface area contributed by atoms with E-state index in [0.29, 0.717) is 34.5 Å². The molecule has 0 atom stereocenters. The second-order valence-electron chi connectivity index (χ2n) is 6.69. The fraction of sp³-hybridized carbons (Fsp3) is 0.471. The summed E-state index contributed by atoms with van der Waals surface area (Å²) in [5.74, 6) is 0.256. The lowest BCUT2D eigenvalue weighted by Gasteiger charge is -2.05. The number of hydrogen-bond donors (Lipinski definition) is 1. The molecular formula is C17H19BrFN3O4S. The Labute approximate surface area is 164 Å². The Balaban J connectivity index is 1.64. The molecule has 0 unspecified atom stereocenters. The fourth-order valence-electron chi connectivity index (χ4n) is 2.79. The van der Waals surface area contributed by atoms with Crippen LogP contribution in [0.2, 0.25) is 0 Å². The van der Waals surface area contributed by atoms with Crippen LogP contribution in [-0.2, 0) is 22.7 Å². The van der Waals surface area contributed by atoms with Crippen LogP contribution in [0, 0.1) is 11.7 Å². The van der Waals surface area contributed by atoms with Crippen LogP contribution in [0.15, 0.2) is 32.5 Å². The molecule has 0 aliphatic heterocycles. The summed E-state index contributed by atoms with van der Waals surface area (Å²) in [7, 11) is -3.07. The molecule has 1 N–H and O–H groups in total. The number of oxime groups is 1. The van der Waals surface area contributed by atoms with Crippen LogP contribution in [0.3, 0.4) is 0 Å². The molecule has 7 nitrogen and oxygen atoms in total. The molecular weight excluding hydrogens is 441 g/mol. The van der Waals surface area contributed by atoms with Crippen LogP contribution in [0.1, 0.15) is 36.2 Å². The van der Waals surface area contributed by atoms with E-state index >= 15 is 0 Å². The molecule has 1 aliphatic carbocycles. The lowest BCUT2D eigenvalue weighted by atomic mass is 10.0. The zero-order chi connectivity index (χ0) is 19.4. The van der Waals surface area contributed by atoms with Crippen LogP contribution in [0.25, 0.3) is 0 Å². The number of aryl methyl sites for hydroxylation is 1. The van der Waals surface area contributed by atoms with E-state index < -0.39 is 15.7 Å². The van der Waals surface area contributed by atoms with Crippen molar-refractivity contribution in [1.82, 2.24) is 10.3 Å². The third kappa shape index (κ3) is 5.58. The van der Waals surface area contributed by atoms with Crippen molar-refractivity contribution in [2.24, 2.45) is 11.1 Å². The first-order chi connectivity index (χ1) is 12.9. The van der Waals surface area contributed by atoms with Gasteiger partial charge in [-0.2, -0.15) is 0 Å². The van der Waals surface area contributed by atoms with E-state index in [1.165, 1.54) is 6.07 Å². The first-order valence-electron chi connectivity index (χ1n) is 8.55. The molecule has 2 aromatic rings. The Bertz CT molecular complexity index is 941. The molecule has 3 rings (SSSR count). The van der Waals surface area contributed by atoms with Gasteiger partial charge in [0.05, 0.1) is 16.0 Å². The molecule has 0 radical (unpaired) electrons. The summed E-state index contributed by atoms with van der Waals surface area (Å²) >= 11 is 3.11. The van der Waals surface area contributed by atoms with Crippen molar-refractivity contribution < 1.29 is 22.6 Å². The van der Waals surface area contributed by atoms with Crippen molar-refractivity contribution in [3.8, 4) is 0 Å². The SMILES string of the molecule is O=S(=O)(CCCc1nonc1/C(Cc1ccc(F)c(Br)c1)=N/O)CC1CC1. The third-order valence-corrected chi connectivity index (χ3v) is 6.86. The number of benzene rings is 1. The molecule has 1 saturated carbocycles. The normalized spacial score (nSPS) is 15.3. The topological polar surface area (TPSA) is 106 Å². The predicted octanol–water partition coefficient (Wildman–Crippen LogP) is 3.15. The van der Waals surface area contributed by atoms with Crippen LogP contribution >= 0.6 is 15.9 Å². The largest absolute Gasteiger partial charge is 0.411 e.